The van der Waals surface area contributed by atoms with Crippen molar-refractivity contribution in [3.05, 3.63) is 24.3 Å². The van der Waals surface area contributed by atoms with Gasteiger partial charge >= 0.3 is 0 Å². The number of hydrogen-bond acceptors (Lipinski definition) is 0. The van der Waals surface area contributed by atoms with Crippen molar-refractivity contribution in [3.63, 3.8) is 0 Å². The molecular weight excluding hydrogens is 132 g/mol. The molecule has 0 radical (unpaired) electrons. The molecule has 0 bridgehead atoms. The molecule has 1 aliphatic carbocycles. The summed E-state index contributed by atoms with van der Waals surface area (Å²) in [5, 5.41) is 0. The van der Waals surface area contributed by atoms with Crippen molar-refractivity contribution in [2.24, 2.45) is 11.8 Å². The Hall–Kier alpha value is -0.520. The van der Waals surface area contributed by atoms with Crippen molar-refractivity contribution in [1.29, 1.82) is 0 Å². The Morgan fingerprint density at radius 2 is 1.64 bits per heavy atom. The minimum Gasteiger partial charge on any atom is -0.0776 e. The predicted molar refractivity (Wildman–Crippen MR) is 50.5 cm³/mol. The van der Waals surface area contributed by atoms with Gasteiger partial charge in [-0.3, -0.25) is 0 Å². The molecule has 62 valence electrons. The third-order valence-corrected chi connectivity index (χ3v) is 2.59. The van der Waals surface area contributed by atoms with Gasteiger partial charge in [-0.2, -0.15) is 0 Å². The summed E-state index contributed by atoms with van der Waals surface area (Å²) in [7, 11) is 0. The van der Waals surface area contributed by atoms with Crippen LogP contribution >= 0.6 is 0 Å². The molecule has 0 unspecified atom stereocenters. The molecule has 0 saturated heterocycles. The van der Waals surface area contributed by atoms with E-state index in [0.29, 0.717) is 0 Å². The third-order valence-electron chi connectivity index (χ3n) is 2.59. The highest BCUT2D eigenvalue weighted by Gasteiger charge is 2.10. The zero-order chi connectivity index (χ0) is 8.10. The zero-order valence-electron chi connectivity index (χ0n) is 7.59. The summed E-state index contributed by atoms with van der Waals surface area (Å²) < 4.78 is 0. The van der Waals surface area contributed by atoms with Crippen molar-refractivity contribution < 1.29 is 0 Å². The second-order valence-electron chi connectivity index (χ2n) is 3.35. The van der Waals surface area contributed by atoms with Crippen molar-refractivity contribution in [2.45, 2.75) is 33.1 Å². The van der Waals surface area contributed by atoms with E-state index >= 15 is 0 Å². The van der Waals surface area contributed by atoms with Crippen molar-refractivity contribution in [1.82, 2.24) is 0 Å². The molecule has 0 amide bonds. The largest absolute Gasteiger partial charge is 0.0776 e. The van der Waals surface area contributed by atoms with Crippen LogP contribution in [0.3, 0.4) is 0 Å². The van der Waals surface area contributed by atoms with E-state index in [0.717, 1.165) is 11.8 Å². The maximum absolute atomic E-state index is 2.30. The highest BCUT2D eigenvalue weighted by Crippen LogP contribution is 2.23. The highest BCUT2D eigenvalue weighted by molar-refractivity contribution is 5.17. The average Bonchev–Trinajstić information content (AvgIpc) is 2.52. The second-order valence-corrected chi connectivity index (χ2v) is 3.35. The van der Waals surface area contributed by atoms with Crippen LogP contribution < -0.4 is 0 Å². The lowest BCUT2D eigenvalue weighted by atomic mass is 9.91. The van der Waals surface area contributed by atoms with Gasteiger partial charge in [-0.05, 0) is 18.3 Å². The Bertz CT molecular complexity index is 137. The minimum absolute atomic E-state index is 0.736. The Balaban J connectivity index is 2.28. The molecule has 0 fully saturated rings. The van der Waals surface area contributed by atoms with Gasteiger partial charge in [0, 0.05) is 0 Å². The SMILES string of the molecule is CCC(CC)CC1C=CC=C1. The van der Waals surface area contributed by atoms with Gasteiger partial charge < -0.3 is 0 Å². The van der Waals surface area contributed by atoms with E-state index < -0.39 is 0 Å². The van der Waals surface area contributed by atoms with Gasteiger partial charge in [-0.15, -0.1) is 0 Å². The first-order valence-electron chi connectivity index (χ1n) is 4.71. The standard InChI is InChI=1S/C11H18/c1-3-10(4-2)9-11-7-5-6-8-11/h5-8,10-11H,3-4,9H2,1-2H3. The molecule has 0 aromatic heterocycles. The van der Waals surface area contributed by atoms with Gasteiger partial charge in [-0.1, -0.05) is 51.0 Å². The van der Waals surface area contributed by atoms with Crippen LogP contribution in [0.5, 0.6) is 0 Å². The molecular formula is C11H18. The molecule has 0 N–H and O–H groups in total. The van der Waals surface area contributed by atoms with Crippen LogP contribution in [0.2, 0.25) is 0 Å². The van der Waals surface area contributed by atoms with E-state index in [1.807, 2.05) is 0 Å². The molecule has 11 heavy (non-hydrogen) atoms. The molecule has 1 rings (SSSR count). The number of hydrogen-bond donors (Lipinski definition) is 0. The first-order chi connectivity index (χ1) is 5.36. The minimum atomic E-state index is 0.736. The fourth-order valence-corrected chi connectivity index (χ4v) is 1.64. The zero-order valence-corrected chi connectivity index (χ0v) is 7.59. The molecule has 0 nitrogen and oxygen atoms in total. The van der Waals surface area contributed by atoms with Crippen molar-refractivity contribution in [2.75, 3.05) is 0 Å². The maximum atomic E-state index is 2.30. The smallest absolute Gasteiger partial charge is 0.00446 e. The molecule has 0 atom stereocenters. The summed E-state index contributed by atoms with van der Waals surface area (Å²) in [5.41, 5.74) is 0. The Labute approximate surface area is 70.0 Å². The van der Waals surface area contributed by atoms with E-state index in [1.165, 1.54) is 19.3 Å². The summed E-state index contributed by atoms with van der Waals surface area (Å²) in [5.74, 6) is 1.66. The van der Waals surface area contributed by atoms with E-state index in [9.17, 15) is 0 Å². The predicted octanol–water partition coefficient (Wildman–Crippen LogP) is 3.55. The topological polar surface area (TPSA) is 0 Å². The van der Waals surface area contributed by atoms with Gasteiger partial charge in [0.25, 0.3) is 0 Å². The van der Waals surface area contributed by atoms with Crippen LogP contribution in [0.25, 0.3) is 0 Å². The number of allylic oxidation sites excluding steroid dienone is 4. The Morgan fingerprint density at radius 1 is 1.09 bits per heavy atom. The molecule has 0 aromatic rings. The monoisotopic (exact) mass is 150 g/mol. The van der Waals surface area contributed by atoms with Crippen LogP contribution in [0.15, 0.2) is 24.3 Å². The van der Waals surface area contributed by atoms with E-state index in [2.05, 4.69) is 38.2 Å². The van der Waals surface area contributed by atoms with Gasteiger partial charge in [0.05, 0.1) is 0 Å². The molecule has 0 spiro atoms. The van der Waals surface area contributed by atoms with Crippen LogP contribution in [0, 0.1) is 11.8 Å². The summed E-state index contributed by atoms with van der Waals surface area (Å²) in [6.45, 7) is 4.58. The molecule has 0 heteroatoms. The molecule has 0 saturated carbocycles. The lowest BCUT2D eigenvalue weighted by Crippen LogP contribution is -2.02. The summed E-state index contributed by atoms with van der Waals surface area (Å²) in [4.78, 5) is 0. The normalized spacial score (nSPS) is 17.0. The van der Waals surface area contributed by atoms with Gasteiger partial charge in [0.1, 0.15) is 0 Å². The molecule has 0 heterocycles. The average molecular weight is 150 g/mol. The molecule has 1 aliphatic rings. The first-order valence-corrected chi connectivity index (χ1v) is 4.71. The fourth-order valence-electron chi connectivity index (χ4n) is 1.64. The lowest BCUT2D eigenvalue weighted by molar-refractivity contribution is 0.427. The van der Waals surface area contributed by atoms with Crippen LogP contribution in [-0.4, -0.2) is 0 Å². The van der Waals surface area contributed by atoms with E-state index in [4.69, 9.17) is 0 Å². The first kappa shape index (κ1) is 8.58. The van der Waals surface area contributed by atoms with Crippen LogP contribution in [0.4, 0.5) is 0 Å². The Morgan fingerprint density at radius 3 is 2.09 bits per heavy atom. The van der Waals surface area contributed by atoms with Crippen molar-refractivity contribution >= 4 is 0 Å². The van der Waals surface area contributed by atoms with Gasteiger partial charge in [-0.25, -0.2) is 0 Å². The lowest BCUT2D eigenvalue weighted by Gasteiger charge is -2.14. The second kappa shape index (κ2) is 4.38. The maximum Gasteiger partial charge on any atom is -0.00446 e. The van der Waals surface area contributed by atoms with E-state index in [-0.39, 0.29) is 0 Å². The quantitative estimate of drug-likeness (QED) is 0.575. The van der Waals surface area contributed by atoms with Crippen molar-refractivity contribution in [3.8, 4) is 0 Å². The summed E-state index contributed by atoms with van der Waals surface area (Å²) >= 11 is 0. The van der Waals surface area contributed by atoms with Crippen LogP contribution in [0.1, 0.15) is 33.1 Å². The summed E-state index contributed by atoms with van der Waals surface area (Å²) in [6, 6.07) is 0. The Kier molecular flexibility index (Phi) is 3.41. The van der Waals surface area contributed by atoms with Gasteiger partial charge in [0.2, 0.25) is 0 Å². The molecule has 0 aromatic carbocycles. The molecule has 0 aliphatic heterocycles. The van der Waals surface area contributed by atoms with Gasteiger partial charge in [0.15, 0.2) is 0 Å². The van der Waals surface area contributed by atoms with Crippen LogP contribution in [-0.2, 0) is 0 Å². The third kappa shape index (κ3) is 2.53. The highest BCUT2D eigenvalue weighted by atomic mass is 14.1. The number of rotatable bonds is 4. The van der Waals surface area contributed by atoms with E-state index in [1.54, 1.807) is 0 Å². The summed E-state index contributed by atoms with van der Waals surface area (Å²) in [6.07, 6.45) is 12.9. The fraction of sp³-hybridized carbons (Fsp3) is 0.636.